The lowest BCUT2D eigenvalue weighted by atomic mass is 10.2. The van der Waals surface area contributed by atoms with Crippen LogP contribution in [0.25, 0.3) is 11.0 Å². The van der Waals surface area contributed by atoms with Crippen molar-refractivity contribution in [2.75, 3.05) is 13.2 Å². The summed E-state index contributed by atoms with van der Waals surface area (Å²) in [5.41, 5.74) is 3.68. The van der Waals surface area contributed by atoms with Crippen molar-refractivity contribution in [1.82, 2.24) is 5.43 Å². The van der Waals surface area contributed by atoms with Crippen LogP contribution in [0.5, 0.6) is 11.5 Å². The number of fused-ring (bicyclic) bond motifs is 1. The highest BCUT2D eigenvalue weighted by atomic mass is 79.9. The molecule has 0 aliphatic heterocycles. The van der Waals surface area contributed by atoms with Crippen LogP contribution in [0, 0.1) is 0 Å². The van der Waals surface area contributed by atoms with E-state index in [2.05, 4.69) is 42.4 Å². The second-order valence-corrected chi connectivity index (χ2v) is 7.99. The Morgan fingerprint density at radius 2 is 1.93 bits per heavy atom. The van der Waals surface area contributed by atoms with Gasteiger partial charge in [-0.15, -0.1) is 0 Å². The average molecular weight is 545 g/mol. The third-order valence-electron chi connectivity index (χ3n) is 3.76. The molecule has 1 heterocycles. The van der Waals surface area contributed by atoms with E-state index >= 15 is 0 Å². The monoisotopic (exact) mass is 542 g/mol. The number of hydrogen-bond donors (Lipinski definition) is 1. The van der Waals surface area contributed by atoms with Gasteiger partial charge in [0.15, 0.2) is 17.3 Å². The number of halogens is 3. The molecule has 0 aliphatic carbocycles. The van der Waals surface area contributed by atoms with Crippen LogP contribution >= 0.6 is 43.5 Å². The van der Waals surface area contributed by atoms with E-state index in [9.17, 15) is 4.79 Å². The number of rotatable bonds is 7. The Morgan fingerprint density at radius 1 is 1.17 bits per heavy atom. The molecule has 1 amide bonds. The Bertz CT molecular complexity index is 1080. The predicted octanol–water partition coefficient (Wildman–Crippen LogP) is 6.17. The van der Waals surface area contributed by atoms with Gasteiger partial charge in [0.2, 0.25) is 0 Å². The minimum Gasteiger partial charge on any atom is -0.490 e. The summed E-state index contributed by atoms with van der Waals surface area (Å²) in [7, 11) is 0. The number of furan rings is 1. The molecule has 1 aromatic heterocycles. The van der Waals surface area contributed by atoms with Crippen molar-refractivity contribution in [2.45, 2.75) is 13.8 Å². The van der Waals surface area contributed by atoms with E-state index in [1.54, 1.807) is 18.2 Å². The van der Waals surface area contributed by atoms with Crippen LogP contribution in [-0.2, 0) is 0 Å². The van der Waals surface area contributed by atoms with Gasteiger partial charge in [0.1, 0.15) is 5.58 Å². The summed E-state index contributed by atoms with van der Waals surface area (Å²) in [6.07, 6.45) is 1.47. The fraction of sp³-hybridized carbons (Fsp3) is 0.200. The van der Waals surface area contributed by atoms with Gasteiger partial charge in [-0.2, -0.15) is 5.10 Å². The molecular weight excluding hydrogens is 527 g/mol. The molecule has 3 rings (SSSR count). The normalized spacial score (nSPS) is 11.2. The van der Waals surface area contributed by atoms with E-state index in [1.165, 1.54) is 6.21 Å². The molecule has 9 heteroatoms. The summed E-state index contributed by atoms with van der Waals surface area (Å²) in [6.45, 7) is 4.67. The van der Waals surface area contributed by atoms with Gasteiger partial charge in [0, 0.05) is 9.86 Å². The first-order chi connectivity index (χ1) is 13.9. The highest BCUT2D eigenvalue weighted by Crippen LogP contribution is 2.36. The van der Waals surface area contributed by atoms with Crippen molar-refractivity contribution in [1.29, 1.82) is 0 Å². The molecule has 0 aliphatic rings. The number of nitrogens with zero attached hydrogens (tertiary/aromatic N) is 1. The number of ether oxygens (including phenoxy) is 2. The van der Waals surface area contributed by atoms with Crippen molar-refractivity contribution in [3.05, 3.63) is 55.6 Å². The lowest BCUT2D eigenvalue weighted by Gasteiger charge is -2.13. The Hall–Kier alpha value is -2.03. The zero-order valence-electron chi connectivity index (χ0n) is 15.6. The van der Waals surface area contributed by atoms with Gasteiger partial charge in [-0.25, -0.2) is 5.43 Å². The van der Waals surface area contributed by atoms with Crippen molar-refractivity contribution < 1.29 is 18.7 Å². The molecular formula is C20H17Br2ClN2O4. The number of carbonyl (C=O) groups excluding carboxylic acids is 1. The zero-order valence-corrected chi connectivity index (χ0v) is 19.5. The number of nitrogens with one attached hydrogen (secondary N) is 1. The maximum atomic E-state index is 12.4. The van der Waals surface area contributed by atoms with E-state index in [0.29, 0.717) is 40.9 Å². The molecule has 1 N–H and O–H groups in total. The van der Waals surface area contributed by atoms with Crippen LogP contribution in [0.2, 0.25) is 5.02 Å². The molecule has 29 heavy (non-hydrogen) atoms. The van der Waals surface area contributed by atoms with Gasteiger partial charge in [0.05, 0.1) is 28.9 Å². The second kappa shape index (κ2) is 9.65. The van der Waals surface area contributed by atoms with Crippen LogP contribution in [0.3, 0.4) is 0 Å². The first-order valence-electron chi connectivity index (χ1n) is 8.74. The molecule has 0 bridgehead atoms. The van der Waals surface area contributed by atoms with Crippen molar-refractivity contribution in [2.24, 2.45) is 5.10 Å². The number of hydrogen-bond acceptors (Lipinski definition) is 5. The summed E-state index contributed by atoms with van der Waals surface area (Å²) in [6, 6.07) is 8.78. The third-order valence-corrected chi connectivity index (χ3v) is 5.09. The van der Waals surface area contributed by atoms with Crippen LogP contribution in [0.1, 0.15) is 30.0 Å². The Kier molecular flexibility index (Phi) is 7.21. The third kappa shape index (κ3) is 5.12. The minimum atomic E-state index is -0.470. The molecule has 3 aromatic rings. The van der Waals surface area contributed by atoms with Crippen LogP contribution < -0.4 is 14.9 Å². The van der Waals surface area contributed by atoms with Crippen molar-refractivity contribution in [3.8, 4) is 11.5 Å². The molecule has 152 valence electrons. The Balaban J connectivity index is 1.77. The summed E-state index contributed by atoms with van der Waals surface area (Å²) < 4.78 is 18.4. The number of hydrazone groups is 1. The van der Waals surface area contributed by atoms with E-state index in [4.69, 9.17) is 25.5 Å². The molecule has 0 saturated carbocycles. The predicted molar refractivity (Wildman–Crippen MR) is 120 cm³/mol. The molecule has 2 aromatic carbocycles. The molecule has 0 spiro atoms. The van der Waals surface area contributed by atoms with E-state index in [0.717, 1.165) is 14.3 Å². The summed E-state index contributed by atoms with van der Waals surface area (Å²) in [5.74, 6) is 0.678. The molecule has 0 atom stereocenters. The standard InChI is InChI=1S/C20H17Br2ClN2O4/c1-3-27-16-6-11(5-15(23)19(16)28-4-2)10-24-25-20(26)17-8-12-7-13(21)9-14(22)18(12)29-17/h5-10H,3-4H2,1-2H3,(H,25,26)/b24-10-. The number of carbonyl (C=O) groups is 1. The van der Waals surface area contributed by atoms with Crippen LogP contribution in [0.15, 0.2) is 48.8 Å². The molecule has 6 nitrogen and oxygen atoms in total. The van der Waals surface area contributed by atoms with E-state index < -0.39 is 5.91 Å². The summed E-state index contributed by atoms with van der Waals surface area (Å²) in [4.78, 5) is 12.4. The average Bonchev–Trinajstić information content (AvgIpc) is 3.09. The maximum absolute atomic E-state index is 12.4. The lowest BCUT2D eigenvalue weighted by Crippen LogP contribution is -2.16. The van der Waals surface area contributed by atoms with Gasteiger partial charge < -0.3 is 13.9 Å². The first-order valence-corrected chi connectivity index (χ1v) is 10.7. The van der Waals surface area contributed by atoms with Gasteiger partial charge in [-0.3, -0.25) is 4.79 Å². The Labute approximate surface area is 189 Å². The molecule has 0 saturated heterocycles. The van der Waals surface area contributed by atoms with Crippen molar-refractivity contribution in [3.63, 3.8) is 0 Å². The van der Waals surface area contributed by atoms with E-state index in [1.807, 2.05) is 26.0 Å². The SMILES string of the molecule is CCOc1cc(/C=N\NC(=O)c2cc3cc(Br)cc(Br)c3o2)cc(Cl)c1OCC. The number of benzene rings is 2. The second-order valence-electron chi connectivity index (χ2n) is 5.81. The van der Waals surface area contributed by atoms with Gasteiger partial charge >= 0.3 is 5.91 Å². The first kappa shape index (κ1) is 21.7. The molecule has 0 fully saturated rings. The van der Waals surface area contributed by atoms with Gasteiger partial charge in [-0.05, 0) is 65.7 Å². The van der Waals surface area contributed by atoms with E-state index in [-0.39, 0.29) is 5.76 Å². The van der Waals surface area contributed by atoms with Crippen LogP contribution in [0.4, 0.5) is 0 Å². The van der Waals surface area contributed by atoms with Crippen molar-refractivity contribution >= 4 is 66.6 Å². The van der Waals surface area contributed by atoms with Gasteiger partial charge in [-0.1, -0.05) is 27.5 Å². The maximum Gasteiger partial charge on any atom is 0.307 e. The Morgan fingerprint density at radius 3 is 2.66 bits per heavy atom. The largest absolute Gasteiger partial charge is 0.490 e. The quantitative estimate of drug-likeness (QED) is 0.285. The number of amides is 1. The summed E-state index contributed by atoms with van der Waals surface area (Å²) in [5, 5.41) is 5.18. The molecule has 0 unspecified atom stereocenters. The lowest BCUT2D eigenvalue weighted by molar-refractivity contribution is 0.0929. The molecule has 0 radical (unpaired) electrons. The highest BCUT2D eigenvalue weighted by molar-refractivity contribution is 9.11. The summed E-state index contributed by atoms with van der Waals surface area (Å²) >= 11 is 13.1. The zero-order chi connectivity index (χ0) is 21.0. The highest BCUT2D eigenvalue weighted by Gasteiger charge is 2.15. The van der Waals surface area contributed by atoms with Gasteiger partial charge in [0.25, 0.3) is 0 Å². The smallest absolute Gasteiger partial charge is 0.307 e. The van der Waals surface area contributed by atoms with Crippen LogP contribution in [-0.4, -0.2) is 25.3 Å². The topological polar surface area (TPSA) is 73.1 Å². The fourth-order valence-corrected chi connectivity index (χ4v) is 4.23. The minimum absolute atomic E-state index is 0.149. The fourth-order valence-electron chi connectivity index (χ4n) is 2.62.